The third-order valence-corrected chi connectivity index (χ3v) is 6.07. The topological polar surface area (TPSA) is 40.5 Å². The van der Waals surface area contributed by atoms with Crippen molar-refractivity contribution in [3.05, 3.63) is 65.2 Å². The third-order valence-electron chi connectivity index (χ3n) is 5.82. The van der Waals surface area contributed by atoms with E-state index in [0.717, 1.165) is 11.3 Å². The van der Waals surface area contributed by atoms with Crippen LogP contribution in [0.15, 0.2) is 54.6 Å². The Bertz CT molecular complexity index is 772. The summed E-state index contributed by atoms with van der Waals surface area (Å²) in [5.74, 6) is -0.177. The summed E-state index contributed by atoms with van der Waals surface area (Å²) in [6.07, 6.45) is 0.631. The zero-order chi connectivity index (χ0) is 17.6. The van der Waals surface area contributed by atoms with E-state index >= 15 is 0 Å². The summed E-state index contributed by atoms with van der Waals surface area (Å²) in [4.78, 5) is 15.2. The molecule has 1 saturated heterocycles. The maximum absolute atomic E-state index is 13.0. The third kappa shape index (κ3) is 2.96. The molecule has 25 heavy (non-hydrogen) atoms. The molecule has 0 radical (unpaired) electrons. The molecular weight excluding hydrogens is 334 g/mol. The summed E-state index contributed by atoms with van der Waals surface area (Å²) < 4.78 is 0. The fraction of sp³-hybridized carbons (Fsp3) is 0.381. The van der Waals surface area contributed by atoms with Gasteiger partial charge in [0.2, 0.25) is 0 Å². The first kappa shape index (κ1) is 16.6. The van der Waals surface area contributed by atoms with Crippen molar-refractivity contribution in [3.63, 3.8) is 0 Å². The minimum Gasteiger partial charge on any atom is -0.389 e. The van der Waals surface area contributed by atoms with Crippen LogP contribution in [0, 0.1) is 11.8 Å². The molecule has 2 aliphatic rings. The smallest absolute Gasteiger partial charge is 0.146 e. The minimum atomic E-state index is -0.987. The van der Waals surface area contributed by atoms with Crippen LogP contribution in [0.2, 0.25) is 5.02 Å². The van der Waals surface area contributed by atoms with Crippen LogP contribution in [0.1, 0.15) is 24.8 Å². The monoisotopic (exact) mass is 355 g/mol. The summed E-state index contributed by atoms with van der Waals surface area (Å²) in [7, 11) is 0. The molecule has 1 aliphatic carbocycles. The molecule has 0 amide bonds. The van der Waals surface area contributed by atoms with E-state index in [1.54, 1.807) is 0 Å². The highest BCUT2D eigenvalue weighted by molar-refractivity contribution is 6.30. The molecule has 1 heterocycles. The largest absolute Gasteiger partial charge is 0.389 e. The lowest BCUT2D eigenvalue weighted by molar-refractivity contribution is -0.145. The molecule has 1 aliphatic heterocycles. The van der Waals surface area contributed by atoms with Gasteiger partial charge in [0, 0.05) is 29.7 Å². The zero-order valence-corrected chi connectivity index (χ0v) is 15.0. The normalized spacial score (nSPS) is 31.9. The zero-order valence-electron chi connectivity index (χ0n) is 14.2. The average molecular weight is 356 g/mol. The molecule has 2 bridgehead atoms. The van der Waals surface area contributed by atoms with Gasteiger partial charge in [-0.3, -0.25) is 4.79 Å². The number of Topliss-reactive ketones (excluding diaryl/α,β-unsaturated/α-hetero) is 1. The van der Waals surface area contributed by atoms with E-state index in [1.807, 2.05) is 49.4 Å². The Labute approximate surface area is 153 Å². The van der Waals surface area contributed by atoms with Gasteiger partial charge in [-0.1, -0.05) is 41.9 Å². The Kier molecular flexibility index (Phi) is 4.09. The fourth-order valence-corrected chi connectivity index (χ4v) is 4.57. The Morgan fingerprint density at radius 3 is 2.40 bits per heavy atom. The van der Waals surface area contributed by atoms with Crippen molar-refractivity contribution in [1.82, 2.24) is 0 Å². The first-order valence-electron chi connectivity index (χ1n) is 8.77. The molecule has 2 fully saturated rings. The van der Waals surface area contributed by atoms with Crippen LogP contribution < -0.4 is 4.90 Å². The summed E-state index contributed by atoms with van der Waals surface area (Å²) in [6.45, 7) is 3.06. The number of hydrogen-bond donors (Lipinski definition) is 1. The van der Waals surface area contributed by atoms with Crippen molar-refractivity contribution >= 4 is 23.1 Å². The Balaban J connectivity index is 1.70. The van der Waals surface area contributed by atoms with Crippen LogP contribution >= 0.6 is 11.6 Å². The standard InChI is InChI=1S/C21H22ClNO2/c1-21(25)11-17(14-5-3-2-4-6-14)18-12-23(13-19(21)20(18)24)16-9-7-15(22)8-10-16/h2-10,17-19,25H,11-13H2,1H3. The van der Waals surface area contributed by atoms with Crippen LogP contribution in [-0.2, 0) is 4.79 Å². The molecular formula is C21H22ClNO2. The summed E-state index contributed by atoms with van der Waals surface area (Å²) in [5, 5.41) is 11.7. The second kappa shape index (κ2) is 6.15. The van der Waals surface area contributed by atoms with Crippen LogP contribution in [0.3, 0.4) is 0 Å². The second-order valence-corrected chi connectivity index (χ2v) is 7.96. The Hall–Kier alpha value is -1.84. The molecule has 1 N–H and O–H groups in total. The highest BCUT2D eigenvalue weighted by Gasteiger charge is 2.53. The number of benzene rings is 2. The van der Waals surface area contributed by atoms with Gasteiger partial charge in [-0.2, -0.15) is 0 Å². The van der Waals surface area contributed by atoms with E-state index in [4.69, 9.17) is 11.6 Å². The van der Waals surface area contributed by atoms with E-state index in [2.05, 4.69) is 17.0 Å². The number of ketones is 1. The lowest BCUT2D eigenvalue weighted by Crippen LogP contribution is -2.61. The maximum Gasteiger partial charge on any atom is 0.146 e. The van der Waals surface area contributed by atoms with E-state index in [9.17, 15) is 9.90 Å². The van der Waals surface area contributed by atoms with Crippen LogP contribution in [0.4, 0.5) is 5.69 Å². The van der Waals surface area contributed by atoms with Crippen molar-refractivity contribution in [2.75, 3.05) is 18.0 Å². The molecule has 4 rings (SSSR count). The number of anilines is 1. The lowest BCUT2D eigenvalue weighted by Gasteiger charge is -2.51. The van der Waals surface area contributed by atoms with Crippen LogP contribution in [0.5, 0.6) is 0 Å². The average Bonchev–Trinajstić information content (AvgIpc) is 2.60. The van der Waals surface area contributed by atoms with Gasteiger partial charge in [0.1, 0.15) is 5.78 Å². The molecule has 2 aromatic rings. The van der Waals surface area contributed by atoms with Crippen LogP contribution in [0.25, 0.3) is 0 Å². The Morgan fingerprint density at radius 2 is 1.72 bits per heavy atom. The SMILES string of the molecule is CC1(O)CC(c2ccccc2)C2CN(c3ccc(Cl)cc3)CC1C2=O. The van der Waals surface area contributed by atoms with Crippen molar-refractivity contribution in [2.45, 2.75) is 24.9 Å². The van der Waals surface area contributed by atoms with Gasteiger partial charge in [-0.25, -0.2) is 0 Å². The first-order chi connectivity index (χ1) is 12.0. The number of nitrogens with zero attached hydrogens (tertiary/aromatic N) is 1. The highest BCUT2D eigenvalue weighted by Crippen LogP contribution is 2.47. The molecule has 4 atom stereocenters. The first-order valence-corrected chi connectivity index (χ1v) is 9.15. The predicted molar refractivity (Wildman–Crippen MR) is 100 cm³/mol. The number of carbonyl (C=O) groups is 1. The van der Waals surface area contributed by atoms with Gasteiger partial charge in [0.05, 0.1) is 11.5 Å². The number of carbonyl (C=O) groups excluding carboxylic acids is 1. The number of fused-ring (bicyclic) bond motifs is 2. The molecule has 0 aromatic heterocycles. The molecule has 4 heteroatoms. The Morgan fingerprint density at radius 1 is 1.04 bits per heavy atom. The number of halogens is 1. The van der Waals surface area contributed by atoms with Gasteiger partial charge >= 0.3 is 0 Å². The number of aliphatic hydroxyl groups is 1. The molecule has 4 unspecified atom stereocenters. The molecule has 0 spiro atoms. The van der Waals surface area contributed by atoms with Gasteiger partial charge in [0.15, 0.2) is 0 Å². The summed E-state index contributed by atoms with van der Waals surface area (Å²) in [5.41, 5.74) is 1.20. The van der Waals surface area contributed by atoms with Gasteiger partial charge < -0.3 is 10.0 Å². The van der Waals surface area contributed by atoms with Crippen LogP contribution in [-0.4, -0.2) is 29.6 Å². The van der Waals surface area contributed by atoms with Crippen molar-refractivity contribution in [2.24, 2.45) is 11.8 Å². The molecule has 1 saturated carbocycles. The predicted octanol–water partition coefficient (Wildman–Crippen LogP) is 3.90. The lowest BCUT2D eigenvalue weighted by atomic mass is 9.61. The van der Waals surface area contributed by atoms with E-state index in [1.165, 1.54) is 0 Å². The summed E-state index contributed by atoms with van der Waals surface area (Å²) in [6, 6.07) is 17.8. The van der Waals surface area contributed by atoms with Crippen molar-refractivity contribution in [1.29, 1.82) is 0 Å². The van der Waals surface area contributed by atoms with Crippen molar-refractivity contribution in [3.8, 4) is 0 Å². The summed E-state index contributed by atoms with van der Waals surface area (Å²) >= 11 is 6.01. The van der Waals surface area contributed by atoms with Gasteiger partial charge in [-0.15, -0.1) is 0 Å². The second-order valence-electron chi connectivity index (χ2n) is 7.52. The fourth-order valence-electron chi connectivity index (χ4n) is 4.44. The van der Waals surface area contributed by atoms with Gasteiger partial charge in [0.25, 0.3) is 0 Å². The molecule has 130 valence electrons. The minimum absolute atomic E-state index is 0.0510. The molecule has 2 aromatic carbocycles. The van der Waals surface area contributed by atoms with E-state index < -0.39 is 5.60 Å². The molecule has 3 nitrogen and oxygen atoms in total. The quantitative estimate of drug-likeness (QED) is 0.888. The van der Waals surface area contributed by atoms with Crippen molar-refractivity contribution < 1.29 is 9.90 Å². The van der Waals surface area contributed by atoms with E-state index in [-0.39, 0.29) is 23.5 Å². The number of piperidine rings is 1. The van der Waals surface area contributed by atoms with Gasteiger partial charge in [-0.05, 0) is 49.1 Å². The number of hydrogen-bond acceptors (Lipinski definition) is 3. The number of rotatable bonds is 2. The maximum atomic E-state index is 13.0. The van der Waals surface area contributed by atoms with E-state index in [0.29, 0.717) is 24.5 Å². The highest BCUT2D eigenvalue weighted by atomic mass is 35.5.